The van der Waals surface area contributed by atoms with Crippen LogP contribution in [-0.4, -0.2) is 25.2 Å². The van der Waals surface area contributed by atoms with E-state index in [4.69, 9.17) is 9.47 Å². The molecule has 0 saturated heterocycles. The summed E-state index contributed by atoms with van der Waals surface area (Å²) < 4.78 is 10.5. The molecular formula is C30H58O4. The molecule has 0 rings (SSSR count). The Bertz CT molecular complexity index is 396. The largest absolute Gasteiger partial charge is 0.466 e. The van der Waals surface area contributed by atoms with Crippen LogP contribution in [0.25, 0.3) is 0 Å². The van der Waals surface area contributed by atoms with Gasteiger partial charge in [0.15, 0.2) is 0 Å². The van der Waals surface area contributed by atoms with Crippen LogP contribution in [0.15, 0.2) is 0 Å². The first-order valence-corrected chi connectivity index (χ1v) is 15.0. The van der Waals surface area contributed by atoms with E-state index in [2.05, 4.69) is 13.8 Å². The van der Waals surface area contributed by atoms with Crippen LogP contribution in [0, 0.1) is 0 Å². The Labute approximate surface area is 212 Å². The van der Waals surface area contributed by atoms with Gasteiger partial charge >= 0.3 is 11.9 Å². The SMILES string of the molecule is CCCCCOC(=O)CCCCCCCCCCCCCCCCCCC(=O)OCCCCC. The topological polar surface area (TPSA) is 52.6 Å². The third kappa shape index (κ3) is 27.2. The van der Waals surface area contributed by atoms with Crippen LogP contribution in [-0.2, 0) is 19.1 Å². The number of carbonyl (C=O) groups is 2. The second-order valence-corrected chi connectivity index (χ2v) is 10.0. The molecule has 0 saturated carbocycles. The molecular weight excluding hydrogens is 424 g/mol. The van der Waals surface area contributed by atoms with Crippen LogP contribution in [0.1, 0.15) is 168 Å². The van der Waals surface area contributed by atoms with Crippen LogP contribution >= 0.6 is 0 Å². The summed E-state index contributed by atoms with van der Waals surface area (Å²) in [6.07, 6.45) is 28.1. The van der Waals surface area contributed by atoms with Crippen LogP contribution in [0.5, 0.6) is 0 Å². The van der Waals surface area contributed by atoms with Gasteiger partial charge < -0.3 is 9.47 Å². The van der Waals surface area contributed by atoms with Gasteiger partial charge in [-0.3, -0.25) is 9.59 Å². The molecule has 0 aromatic heterocycles. The van der Waals surface area contributed by atoms with Gasteiger partial charge in [-0.2, -0.15) is 0 Å². The Kier molecular flexibility index (Phi) is 27.3. The van der Waals surface area contributed by atoms with E-state index < -0.39 is 0 Å². The minimum Gasteiger partial charge on any atom is -0.466 e. The lowest BCUT2D eigenvalue weighted by atomic mass is 10.0. The highest BCUT2D eigenvalue weighted by Crippen LogP contribution is 2.14. The van der Waals surface area contributed by atoms with Gasteiger partial charge in [0.1, 0.15) is 0 Å². The number of hydrogen-bond donors (Lipinski definition) is 0. The van der Waals surface area contributed by atoms with Crippen molar-refractivity contribution < 1.29 is 19.1 Å². The normalized spacial score (nSPS) is 11.0. The number of unbranched alkanes of at least 4 members (excludes halogenated alkanes) is 19. The highest BCUT2D eigenvalue weighted by molar-refractivity contribution is 5.69. The van der Waals surface area contributed by atoms with Crippen LogP contribution < -0.4 is 0 Å². The van der Waals surface area contributed by atoms with E-state index in [1.165, 1.54) is 89.9 Å². The van der Waals surface area contributed by atoms with E-state index in [0.29, 0.717) is 26.1 Å². The Morgan fingerprint density at radius 1 is 0.382 bits per heavy atom. The Morgan fingerprint density at radius 3 is 0.912 bits per heavy atom. The lowest BCUT2D eigenvalue weighted by molar-refractivity contribution is -0.144. The average molecular weight is 483 g/mol. The molecule has 34 heavy (non-hydrogen) atoms. The molecule has 0 bridgehead atoms. The number of ether oxygens (including phenoxy) is 2. The van der Waals surface area contributed by atoms with Gasteiger partial charge in [0.25, 0.3) is 0 Å². The third-order valence-electron chi connectivity index (χ3n) is 6.53. The monoisotopic (exact) mass is 482 g/mol. The molecule has 0 N–H and O–H groups in total. The maximum absolute atomic E-state index is 11.6. The molecule has 0 aromatic carbocycles. The van der Waals surface area contributed by atoms with E-state index in [1.54, 1.807) is 0 Å². The summed E-state index contributed by atoms with van der Waals surface area (Å²) in [6.45, 7) is 5.52. The molecule has 0 aliphatic heterocycles. The van der Waals surface area contributed by atoms with Crippen molar-refractivity contribution in [3.63, 3.8) is 0 Å². The second-order valence-electron chi connectivity index (χ2n) is 10.0. The van der Waals surface area contributed by atoms with Crippen LogP contribution in [0.4, 0.5) is 0 Å². The van der Waals surface area contributed by atoms with Crippen molar-refractivity contribution in [2.45, 2.75) is 168 Å². The molecule has 0 fully saturated rings. The summed E-state index contributed by atoms with van der Waals surface area (Å²) in [4.78, 5) is 23.2. The number of esters is 2. The molecule has 0 heterocycles. The number of hydrogen-bond acceptors (Lipinski definition) is 4. The van der Waals surface area contributed by atoms with Crippen molar-refractivity contribution in [3.8, 4) is 0 Å². The van der Waals surface area contributed by atoms with Gasteiger partial charge in [-0.25, -0.2) is 0 Å². The third-order valence-corrected chi connectivity index (χ3v) is 6.53. The number of carbonyl (C=O) groups excluding carboxylic acids is 2. The first-order chi connectivity index (χ1) is 16.7. The first kappa shape index (κ1) is 32.9. The van der Waals surface area contributed by atoms with Crippen LogP contribution in [0.3, 0.4) is 0 Å². The standard InChI is InChI=1S/C30H58O4/c1-3-5-23-27-33-29(31)25-21-19-17-15-13-11-9-7-8-10-12-14-16-18-20-22-26-30(32)34-28-24-6-4-2/h3-28H2,1-2H3. The van der Waals surface area contributed by atoms with Crippen molar-refractivity contribution in [2.75, 3.05) is 13.2 Å². The zero-order valence-corrected chi connectivity index (χ0v) is 23.0. The minimum absolute atomic E-state index is 0.00816. The molecule has 0 atom stereocenters. The lowest BCUT2D eigenvalue weighted by Gasteiger charge is -2.05. The summed E-state index contributed by atoms with van der Waals surface area (Å²) in [5, 5.41) is 0. The van der Waals surface area contributed by atoms with Crippen molar-refractivity contribution in [3.05, 3.63) is 0 Å². The van der Waals surface area contributed by atoms with Crippen molar-refractivity contribution in [2.24, 2.45) is 0 Å². The molecule has 4 nitrogen and oxygen atoms in total. The van der Waals surface area contributed by atoms with Crippen molar-refractivity contribution in [1.82, 2.24) is 0 Å². The lowest BCUT2D eigenvalue weighted by Crippen LogP contribution is -2.05. The fraction of sp³-hybridized carbons (Fsp3) is 0.933. The zero-order chi connectivity index (χ0) is 25.0. The fourth-order valence-electron chi connectivity index (χ4n) is 4.23. The highest BCUT2D eigenvalue weighted by atomic mass is 16.5. The Morgan fingerprint density at radius 2 is 0.647 bits per heavy atom. The molecule has 4 heteroatoms. The molecule has 0 aliphatic carbocycles. The zero-order valence-electron chi connectivity index (χ0n) is 23.0. The summed E-state index contributed by atoms with van der Waals surface area (Å²) in [7, 11) is 0. The van der Waals surface area contributed by atoms with Gasteiger partial charge in [-0.15, -0.1) is 0 Å². The summed E-state index contributed by atoms with van der Waals surface area (Å²) >= 11 is 0. The highest BCUT2D eigenvalue weighted by Gasteiger charge is 2.03. The Balaban J connectivity index is 3.15. The van der Waals surface area contributed by atoms with Gasteiger partial charge in [0.05, 0.1) is 13.2 Å². The molecule has 202 valence electrons. The molecule has 0 aromatic rings. The summed E-state index contributed by atoms with van der Waals surface area (Å²) in [6, 6.07) is 0. The summed E-state index contributed by atoms with van der Waals surface area (Å²) in [5.74, 6) is -0.0163. The number of rotatable bonds is 27. The smallest absolute Gasteiger partial charge is 0.305 e. The fourth-order valence-corrected chi connectivity index (χ4v) is 4.23. The quantitative estimate of drug-likeness (QED) is 0.0864. The molecule has 0 spiro atoms. The van der Waals surface area contributed by atoms with Crippen molar-refractivity contribution in [1.29, 1.82) is 0 Å². The molecule has 0 unspecified atom stereocenters. The van der Waals surface area contributed by atoms with Crippen LogP contribution in [0.2, 0.25) is 0 Å². The molecule has 0 aliphatic rings. The maximum atomic E-state index is 11.6. The average Bonchev–Trinajstić information content (AvgIpc) is 2.83. The van der Waals surface area contributed by atoms with Gasteiger partial charge in [0.2, 0.25) is 0 Å². The predicted molar refractivity (Wildman–Crippen MR) is 144 cm³/mol. The first-order valence-electron chi connectivity index (χ1n) is 15.0. The van der Waals surface area contributed by atoms with Gasteiger partial charge in [-0.05, 0) is 25.7 Å². The minimum atomic E-state index is -0.00816. The van der Waals surface area contributed by atoms with E-state index in [0.717, 1.165) is 51.4 Å². The van der Waals surface area contributed by atoms with Gasteiger partial charge in [0, 0.05) is 12.8 Å². The predicted octanol–water partition coefficient (Wildman–Crippen LogP) is 9.48. The van der Waals surface area contributed by atoms with E-state index in [1.807, 2.05) is 0 Å². The molecule has 0 radical (unpaired) electrons. The van der Waals surface area contributed by atoms with E-state index in [-0.39, 0.29) is 11.9 Å². The van der Waals surface area contributed by atoms with Crippen molar-refractivity contribution >= 4 is 11.9 Å². The van der Waals surface area contributed by atoms with E-state index in [9.17, 15) is 9.59 Å². The Hall–Kier alpha value is -1.06. The maximum Gasteiger partial charge on any atom is 0.305 e. The van der Waals surface area contributed by atoms with E-state index >= 15 is 0 Å². The second kappa shape index (κ2) is 28.2. The van der Waals surface area contributed by atoms with Gasteiger partial charge in [-0.1, -0.05) is 129 Å². The summed E-state index contributed by atoms with van der Waals surface area (Å²) in [5.41, 5.74) is 0. The molecule has 0 amide bonds.